The van der Waals surface area contributed by atoms with Crippen molar-refractivity contribution >= 4 is 5.96 Å². The first kappa shape index (κ1) is 20.5. The molecule has 1 N–H and O–H groups in total. The van der Waals surface area contributed by atoms with Gasteiger partial charge in [0.25, 0.3) is 0 Å². The van der Waals surface area contributed by atoms with E-state index in [4.69, 9.17) is 9.47 Å². The van der Waals surface area contributed by atoms with E-state index >= 15 is 0 Å². The Hall–Kier alpha value is -2.73. The highest BCUT2D eigenvalue weighted by Gasteiger charge is 2.39. The fraction of sp³-hybridized carbons (Fsp3) is 0.458. The number of rotatable bonds is 6. The van der Waals surface area contributed by atoms with Gasteiger partial charge >= 0.3 is 0 Å². The van der Waals surface area contributed by atoms with Gasteiger partial charge in [0.2, 0.25) is 0 Å². The molecule has 1 aliphatic carbocycles. The number of benzene rings is 2. The van der Waals surface area contributed by atoms with Gasteiger partial charge in [0.15, 0.2) is 17.5 Å². The molecule has 6 nitrogen and oxygen atoms in total. The smallest absolute Gasteiger partial charge is 0.193 e. The summed E-state index contributed by atoms with van der Waals surface area (Å²) in [7, 11) is 5.24. The SMILES string of the molecule is CN=C(NC1CC1c1ccccc1)N1CCN(Cc2ccc(OC)c(OC)c2)CC1. The van der Waals surface area contributed by atoms with E-state index in [2.05, 4.69) is 62.6 Å². The normalized spacial score (nSPS) is 22.0. The summed E-state index contributed by atoms with van der Waals surface area (Å²) < 4.78 is 10.8. The molecule has 160 valence electrons. The number of ether oxygens (including phenoxy) is 2. The summed E-state index contributed by atoms with van der Waals surface area (Å²) in [6.07, 6.45) is 1.18. The minimum atomic E-state index is 0.496. The second-order valence-electron chi connectivity index (χ2n) is 8.00. The third kappa shape index (κ3) is 4.70. The lowest BCUT2D eigenvalue weighted by molar-refractivity contribution is 0.172. The molecular formula is C24H32N4O2. The van der Waals surface area contributed by atoms with Crippen LogP contribution in [-0.4, -0.2) is 69.2 Å². The monoisotopic (exact) mass is 408 g/mol. The van der Waals surface area contributed by atoms with Gasteiger partial charge in [-0.2, -0.15) is 0 Å². The van der Waals surface area contributed by atoms with Crippen LogP contribution in [0.2, 0.25) is 0 Å². The lowest BCUT2D eigenvalue weighted by atomic mass is 10.1. The molecule has 0 spiro atoms. The van der Waals surface area contributed by atoms with Gasteiger partial charge < -0.3 is 19.7 Å². The molecule has 2 aromatic rings. The molecule has 30 heavy (non-hydrogen) atoms. The van der Waals surface area contributed by atoms with Crippen molar-refractivity contribution in [2.24, 2.45) is 4.99 Å². The van der Waals surface area contributed by atoms with Crippen molar-refractivity contribution in [1.29, 1.82) is 0 Å². The number of aliphatic imine (C=N–C) groups is 1. The molecule has 1 aliphatic heterocycles. The average molecular weight is 409 g/mol. The van der Waals surface area contributed by atoms with Crippen molar-refractivity contribution < 1.29 is 9.47 Å². The van der Waals surface area contributed by atoms with Crippen LogP contribution in [0.5, 0.6) is 11.5 Å². The van der Waals surface area contributed by atoms with Gasteiger partial charge in [-0.3, -0.25) is 9.89 Å². The molecule has 0 radical (unpaired) electrons. The van der Waals surface area contributed by atoms with E-state index in [0.29, 0.717) is 12.0 Å². The van der Waals surface area contributed by atoms with Crippen LogP contribution in [0, 0.1) is 0 Å². The number of nitrogens with one attached hydrogen (secondary N) is 1. The molecule has 0 bridgehead atoms. The molecule has 0 aromatic heterocycles. The van der Waals surface area contributed by atoms with Crippen molar-refractivity contribution in [2.75, 3.05) is 47.4 Å². The molecule has 1 heterocycles. The summed E-state index contributed by atoms with van der Waals surface area (Å²) in [5.74, 6) is 3.20. The van der Waals surface area contributed by atoms with Gasteiger partial charge in [-0.25, -0.2) is 0 Å². The second-order valence-corrected chi connectivity index (χ2v) is 8.00. The molecule has 2 unspecified atom stereocenters. The predicted molar refractivity (Wildman–Crippen MR) is 120 cm³/mol. The Morgan fingerprint density at radius 3 is 2.40 bits per heavy atom. The molecule has 2 atom stereocenters. The molecule has 2 aliphatic rings. The van der Waals surface area contributed by atoms with Gasteiger partial charge in [0.1, 0.15) is 0 Å². The van der Waals surface area contributed by atoms with E-state index in [1.54, 1.807) is 14.2 Å². The lowest BCUT2D eigenvalue weighted by Crippen LogP contribution is -2.52. The van der Waals surface area contributed by atoms with Gasteiger partial charge in [0.05, 0.1) is 14.2 Å². The molecule has 6 heteroatoms. The Balaban J connectivity index is 1.27. The predicted octanol–water partition coefficient (Wildman–Crippen LogP) is 2.95. The van der Waals surface area contributed by atoms with Crippen molar-refractivity contribution in [1.82, 2.24) is 15.1 Å². The highest BCUT2D eigenvalue weighted by molar-refractivity contribution is 5.81. The van der Waals surface area contributed by atoms with Crippen LogP contribution in [0.4, 0.5) is 0 Å². The maximum atomic E-state index is 5.44. The maximum absolute atomic E-state index is 5.44. The Morgan fingerprint density at radius 1 is 1.00 bits per heavy atom. The van der Waals surface area contributed by atoms with E-state index in [9.17, 15) is 0 Å². The van der Waals surface area contributed by atoms with Gasteiger partial charge in [-0.15, -0.1) is 0 Å². The fourth-order valence-electron chi connectivity index (χ4n) is 4.24. The Kier molecular flexibility index (Phi) is 6.43. The standard InChI is InChI=1S/C24H32N4O2/c1-25-24(26-21-16-20(21)19-7-5-4-6-8-19)28-13-11-27(12-14-28)17-18-9-10-22(29-2)23(15-18)30-3/h4-10,15,20-21H,11-14,16-17H2,1-3H3,(H,25,26). The van der Waals surface area contributed by atoms with Gasteiger partial charge in [0, 0.05) is 51.7 Å². The van der Waals surface area contributed by atoms with Crippen molar-refractivity contribution in [2.45, 2.75) is 24.9 Å². The summed E-state index contributed by atoms with van der Waals surface area (Å²) in [4.78, 5) is 9.41. The largest absolute Gasteiger partial charge is 0.493 e. The van der Waals surface area contributed by atoms with E-state index in [-0.39, 0.29) is 0 Å². The number of methoxy groups -OCH3 is 2. The van der Waals surface area contributed by atoms with Crippen LogP contribution >= 0.6 is 0 Å². The highest BCUT2D eigenvalue weighted by Crippen LogP contribution is 2.40. The van der Waals surface area contributed by atoms with Crippen LogP contribution in [0.3, 0.4) is 0 Å². The Morgan fingerprint density at radius 2 is 1.73 bits per heavy atom. The van der Waals surface area contributed by atoms with Crippen molar-refractivity contribution in [3.05, 3.63) is 59.7 Å². The van der Waals surface area contributed by atoms with Crippen LogP contribution in [0.1, 0.15) is 23.5 Å². The van der Waals surface area contributed by atoms with Crippen molar-refractivity contribution in [3.8, 4) is 11.5 Å². The van der Waals surface area contributed by atoms with Gasteiger partial charge in [-0.1, -0.05) is 36.4 Å². The van der Waals surface area contributed by atoms with E-state index in [1.165, 1.54) is 17.5 Å². The minimum Gasteiger partial charge on any atom is -0.493 e. The summed E-state index contributed by atoms with van der Waals surface area (Å²) >= 11 is 0. The molecular weight excluding hydrogens is 376 g/mol. The molecule has 4 rings (SSSR count). The number of guanidine groups is 1. The van der Waals surface area contributed by atoms with Gasteiger partial charge in [-0.05, 0) is 29.7 Å². The zero-order chi connectivity index (χ0) is 20.9. The van der Waals surface area contributed by atoms with Crippen molar-refractivity contribution in [3.63, 3.8) is 0 Å². The summed E-state index contributed by atoms with van der Waals surface area (Å²) in [6, 6.07) is 17.4. The molecule has 2 aromatic carbocycles. The number of hydrogen-bond donors (Lipinski definition) is 1. The lowest BCUT2D eigenvalue weighted by Gasteiger charge is -2.36. The first-order valence-electron chi connectivity index (χ1n) is 10.7. The summed E-state index contributed by atoms with van der Waals surface area (Å²) in [5, 5.41) is 3.68. The average Bonchev–Trinajstić information content (AvgIpc) is 3.58. The Labute approximate surface area is 179 Å². The summed E-state index contributed by atoms with van der Waals surface area (Å²) in [5.41, 5.74) is 2.66. The zero-order valence-corrected chi connectivity index (χ0v) is 18.2. The number of hydrogen-bond acceptors (Lipinski definition) is 4. The zero-order valence-electron chi connectivity index (χ0n) is 18.2. The second kappa shape index (κ2) is 9.39. The Bertz CT molecular complexity index is 863. The first-order chi connectivity index (χ1) is 14.7. The third-order valence-corrected chi connectivity index (χ3v) is 6.07. The molecule has 1 saturated heterocycles. The molecule has 0 amide bonds. The summed E-state index contributed by atoms with van der Waals surface area (Å²) in [6.45, 7) is 4.91. The quantitative estimate of drug-likeness (QED) is 0.588. The first-order valence-corrected chi connectivity index (χ1v) is 10.7. The molecule has 1 saturated carbocycles. The van der Waals surface area contributed by atoms with Crippen LogP contribution in [0.25, 0.3) is 0 Å². The van der Waals surface area contributed by atoms with Crippen LogP contribution < -0.4 is 14.8 Å². The number of piperazine rings is 1. The topological polar surface area (TPSA) is 49.3 Å². The van der Waals surface area contributed by atoms with E-state index in [1.807, 2.05) is 13.1 Å². The van der Waals surface area contributed by atoms with Crippen LogP contribution in [-0.2, 0) is 6.54 Å². The van der Waals surface area contributed by atoms with Crippen LogP contribution in [0.15, 0.2) is 53.5 Å². The third-order valence-electron chi connectivity index (χ3n) is 6.07. The van der Waals surface area contributed by atoms with E-state index in [0.717, 1.165) is 50.2 Å². The maximum Gasteiger partial charge on any atom is 0.193 e. The van der Waals surface area contributed by atoms with E-state index < -0.39 is 0 Å². The molecule has 2 fully saturated rings. The fourth-order valence-corrected chi connectivity index (χ4v) is 4.24. The highest BCUT2D eigenvalue weighted by atomic mass is 16.5. The number of nitrogens with zero attached hydrogens (tertiary/aromatic N) is 3. The minimum absolute atomic E-state index is 0.496.